The van der Waals surface area contributed by atoms with Crippen LogP contribution in [0.3, 0.4) is 0 Å². The van der Waals surface area contributed by atoms with Crippen LogP contribution in [0.4, 0.5) is 0 Å². The third-order valence-electron chi connectivity index (χ3n) is 9.49. The number of benzene rings is 6. The molecule has 276 valence electrons. The summed E-state index contributed by atoms with van der Waals surface area (Å²) < 4.78 is 0. The first-order valence-corrected chi connectivity index (χ1v) is 21.6. The number of hydrogen-bond acceptors (Lipinski definition) is 0. The summed E-state index contributed by atoms with van der Waals surface area (Å²) in [5, 5.41) is 5.41. The van der Waals surface area contributed by atoms with E-state index in [0.29, 0.717) is 11.8 Å². The molecule has 8 rings (SSSR count). The molecule has 0 amide bonds. The maximum absolute atomic E-state index is 3.06. The van der Waals surface area contributed by atoms with Gasteiger partial charge in [-0.25, -0.2) is 0 Å². The van der Waals surface area contributed by atoms with Gasteiger partial charge in [0.1, 0.15) is 0 Å². The molecule has 0 saturated heterocycles. The molecule has 8 aromatic rings. The fourth-order valence-electron chi connectivity index (χ4n) is 6.79. The Balaban J connectivity index is 0.000000334. The van der Waals surface area contributed by atoms with Gasteiger partial charge in [-0.3, -0.25) is 0 Å². The molecule has 0 aliphatic carbocycles. The van der Waals surface area contributed by atoms with Gasteiger partial charge in [-0.15, -0.1) is 69.6 Å². The van der Waals surface area contributed by atoms with Gasteiger partial charge in [0.25, 0.3) is 0 Å². The van der Waals surface area contributed by atoms with Crippen LogP contribution < -0.4 is 0 Å². The van der Waals surface area contributed by atoms with Gasteiger partial charge in [-0.1, -0.05) is 207 Å². The van der Waals surface area contributed by atoms with Crippen molar-refractivity contribution in [3.63, 3.8) is 0 Å². The van der Waals surface area contributed by atoms with Crippen LogP contribution in [-0.2, 0) is 23.3 Å². The first-order valence-electron chi connectivity index (χ1n) is 17.4. The SMILES string of the molecule is CC(C)c1cc2c(-c3ccccc3)ccc(-c3ccccc3)c2[cH-]1.CC(C)c1cc2c(-c3ccccc3)ccc(-c3ccccc3)c2[cH-]1.Cl.Cl.[CH3-].[CH3-].[Si]=[Zr]. The molecule has 0 fully saturated rings. The van der Waals surface area contributed by atoms with Gasteiger partial charge in [-0.05, 0) is 23.0 Å². The Hall–Kier alpha value is -3.78. The molecular formula is C50H50Cl2SiZr-4. The molecule has 0 unspecified atom stereocenters. The predicted octanol–water partition coefficient (Wildman–Crippen LogP) is 15.4. The first-order chi connectivity index (χ1) is 24.5. The van der Waals surface area contributed by atoms with Crippen LogP contribution >= 0.6 is 24.8 Å². The zero-order valence-electron chi connectivity index (χ0n) is 32.1. The van der Waals surface area contributed by atoms with Crippen molar-refractivity contribution in [2.24, 2.45) is 0 Å². The van der Waals surface area contributed by atoms with E-state index in [9.17, 15) is 0 Å². The molecule has 0 bridgehead atoms. The van der Waals surface area contributed by atoms with E-state index < -0.39 is 0 Å². The minimum absolute atomic E-state index is 0. The Morgan fingerprint density at radius 3 is 0.889 bits per heavy atom. The molecule has 54 heavy (non-hydrogen) atoms. The van der Waals surface area contributed by atoms with E-state index in [0.717, 1.165) is 0 Å². The molecule has 0 saturated carbocycles. The summed E-state index contributed by atoms with van der Waals surface area (Å²) >= 11 is 1.36. The molecule has 2 radical (unpaired) electrons. The van der Waals surface area contributed by atoms with Gasteiger partial charge in [0, 0.05) is 0 Å². The Morgan fingerprint density at radius 1 is 0.389 bits per heavy atom. The average Bonchev–Trinajstić information content (AvgIpc) is 3.84. The molecule has 0 spiro atoms. The van der Waals surface area contributed by atoms with Crippen molar-refractivity contribution in [1.82, 2.24) is 0 Å². The van der Waals surface area contributed by atoms with E-state index in [2.05, 4.69) is 204 Å². The van der Waals surface area contributed by atoms with E-state index >= 15 is 0 Å². The summed E-state index contributed by atoms with van der Waals surface area (Å²) in [7, 11) is 0. The van der Waals surface area contributed by atoms with Crippen molar-refractivity contribution in [2.75, 3.05) is 0 Å². The third-order valence-corrected chi connectivity index (χ3v) is 9.49. The zero-order chi connectivity index (χ0) is 35.0. The second-order valence-corrected chi connectivity index (χ2v) is 13.3. The van der Waals surface area contributed by atoms with E-state index in [1.165, 1.54) is 101 Å². The van der Waals surface area contributed by atoms with Crippen LogP contribution in [0.25, 0.3) is 66.1 Å². The molecule has 0 nitrogen and oxygen atoms in total. The van der Waals surface area contributed by atoms with E-state index in [1.54, 1.807) is 0 Å². The molecule has 0 atom stereocenters. The summed E-state index contributed by atoms with van der Waals surface area (Å²) in [5.74, 6) is 1.06. The second-order valence-electron chi connectivity index (χ2n) is 13.3. The molecule has 0 aliphatic rings. The maximum atomic E-state index is 3.06. The van der Waals surface area contributed by atoms with E-state index in [-0.39, 0.29) is 39.7 Å². The molecule has 0 aromatic heterocycles. The Morgan fingerprint density at radius 2 is 0.630 bits per heavy atom. The summed E-state index contributed by atoms with van der Waals surface area (Å²) in [6.07, 6.45) is 0. The quantitative estimate of drug-likeness (QED) is 0.116. The number of fused-ring (bicyclic) bond motifs is 2. The molecule has 4 heteroatoms. The van der Waals surface area contributed by atoms with E-state index in [1.807, 2.05) is 0 Å². The van der Waals surface area contributed by atoms with Crippen molar-refractivity contribution in [1.29, 1.82) is 0 Å². The van der Waals surface area contributed by atoms with Gasteiger partial charge in [0.15, 0.2) is 0 Å². The Labute approximate surface area is 353 Å². The topological polar surface area (TPSA) is 0 Å². The van der Waals surface area contributed by atoms with Gasteiger partial charge in [-0.2, -0.15) is 12.1 Å². The first kappa shape index (κ1) is 46.4. The fraction of sp³-hybridized carbons (Fsp3) is 0.120. The van der Waals surface area contributed by atoms with Gasteiger partial charge in [0.2, 0.25) is 0 Å². The van der Waals surface area contributed by atoms with Gasteiger partial charge in [0.05, 0.1) is 0 Å². The average molecular weight is 841 g/mol. The Bertz CT molecular complexity index is 1970. The van der Waals surface area contributed by atoms with Crippen molar-refractivity contribution in [2.45, 2.75) is 39.5 Å². The summed E-state index contributed by atoms with van der Waals surface area (Å²) in [4.78, 5) is 0. The summed E-state index contributed by atoms with van der Waals surface area (Å²) in [6, 6.07) is 61.3. The second kappa shape index (κ2) is 21.9. The van der Waals surface area contributed by atoms with Gasteiger partial charge >= 0.3 is 30.2 Å². The monoisotopic (exact) mass is 838 g/mol. The van der Waals surface area contributed by atoms with Crippen LogP contribution in [0.2, 0.25) is 0 Å². The van der Waals surface area contributed by atoms with Gasteiger partial charge < -0.3 is 14.9 Å². The number of rotatable bonds is 6. The molecule has 0 heterocycles. The summed E-state index contributed by atoms with van der Waals surface area (Å²) in [6.45, 7) is 12.1. The van der Waals surface area contributed by atoms with Crippen LogP contribution in [0.5, 0.6) is 0 Å². The van der Waals surface area contributed by atoms with Crippen molar-refractivity contribution in [3.8, 4) is 44.5 Å². The van der Waals surface area contributed by atoms with Crippen molar-refractivity contribution >= 4 is 53.2 Å². The minimum atomic E-state index is 0. The van der Waals surface area contributed by atoms with Crippen LogP contribution in [-0.4, -0.2) is 6.88 Å². The Kier molecular flexibility index (Phi) is 18.8. The van der Waals surface area contributed by atoms with Crippen molar-refractivity contribution < 1.29 is 23.3 Å². The van der Waals surface area contributed by atoms with Crippen molar-refractivity contribution in [3.05, 3.63) is 196 Å². The fourth-order valence-corrected chi connectivity index (χ4v) is 6.79. The third kappa shape index (κ3) is 10.3. The molecule has 0 aliphatic heterocycles. The summed E-state index contributed by atoms with van der Waals surface area (Å²) in [5.41, 5.74) is 13.2. The van der Waals surface area contributed by atoms with Crippen LogP contribution in [0.1, 0.15) is 50.7 Å². The van der Waals surface area contributed by atoms with E-state index in [4.69, 9.17) is 0 Å². The number of halogens is 2. The molecule has 8 aromatic carbocycles. The standard InChI is InChI=1S/2C24H21.2CH3.2ClH.Si.Zr/c2*1-17(2)20-15-23-21(18-9-5-3-6-10-18)13-14-22(24(23)16-20)19-11-7-4-8-12-19;;;;;;/h2*3-17H,1-2H3;2*1H3;2*1H;;/q4*-1;;;;. The van der Waals surface area contributed by atoms with Crippen LogP contribution in [0.15, 0.2) is 170 Å². The predicted molar refractivity (Wildman–Crippen MR) is 242 cm³/mol. The normalized spacial score (nSPS) is 10.1. The molecular weight excluding hydrogens is 791 g/mol. The number of hydrogen-bond donors (Lipinski definition) is 0. The van der Waals surface area contributed by atoms with Crippen LogP contribution in [0, 0.1) is 14.9 Å². The zero-order valence-corrected chi connectivity index (χ0v) is 37.2. The molecule has 0 N–H and O–H groups in total.